The van der Waals surface area contributed by atoms with E-state index in [1.165, 1.54) is 11.1 Å². The highest BCUT2D eigenvalue weighted by Gasteiger charge is 2.22. The lowest BCUT2D eigenvalue weighted by molar-refractivity contribution is 0.168. The Hall–Kier alpha value is -1.65. The molecule has 1 aromatic carbocycles. The number of piperazine rings is 1. The lowest BCUT2D eigenvalue weighted by atomic mass is 10.0. The molecule has 2 aromatic rings. The minimum absolute atomic E-state index is 0. The van der Waals surface area contributed by atoms with E-state index in [0.29, 0.717) is 6.04 Å². The van der Waals surface area contributed by atoms with E-state index >= 15 is 0 Å². The Bertz CT molecular complexity index is 754. The molecular weight excluding hydrogens is 491 g/mol. The maximum Gasteiger partial charge on any atom is 0.193 e. The van der Waals surface area contributed by atoms with E-state index in [0.717, 1.165) is 57.3 Å². The van der Waals surface area contributed by atoms with Gasteiger partial charge < -0.3 is 19.6 Å². The van der Waals surface area contributed by atoms with Crippen LogP contribution in [0.4, 0.5) is 0 Å². The molecule has 1 aliphatic heterocycles. The number of aromatic nitrogens is 1. The van der Waals surface area contributed by atoms with Crippen molar-refractivity contribution in [3.63, 3.8) is 0 Å². The third-order valence-corrected chi connectivity index (χ3v) is 5.61. The minimum atomic E-state index is 0. The number of hydrogen-bond donors (Lipinski definition) is 1. The summed E-state index contributed by atoms with van der Waals surface area (Å²) >= 11 is 0. The lowest BCUT2D eigenvalue weighted by Gasteiger charge is -2.37. The Kier molecular flexibility index (Phi) is 10.1. The third kappa shape index (κ3) is 6.68. The summed E-state index contributed by atoms with van der Waals surface area (Å²) in [5.41, 5.74) is 3.69. The van der Waals surface area contributed by atoms with Gasteiger partial charge in [-0.1, -0.05) is 36.3 Å². The smallest absolute Gasteiger partial charge is 0.193 e. The lowest BCUT2D eigenvalue weighted by Crippen LogP contribution is -2.53. The van der Waals surface area contributed by atoms with Crippen LogP contribution >= 0.6 is 24.0 Å². The van der Waals surface area contributed by atoms with Crippen molar-refractivity contribution in [2.45, 2.75) is 25.9 Å². The number of hydrogen-bond acceptors (Lipinski definition) is 5. The summed E-state index contributed by atoms with van der Waals surface area (Å²) in [6.45, 7) is 7.74. The van der Waals surface area contributed by atoms with Gasteiger partial charge in [0.2, 0.25) is 0 Å². The van der Waals surface area contributed by atoms with E-state index in [2.05, 4.69) is 75.5 Å². The molecule has 0 spiro atoms. The number of aliphatic imine (C=N–C) groups is 1. The Labute approximate surface area is 197 Å². The van der Waals surface area contributed by atoms with Crippen LogP contribution in [-0.2, 0) is 13.0 Å². The van der Waals surface area contributed by atoms with E-state index in [1.807, 2.05) is 13.1 Å². The monoisotopic (exact) mass is 526 g/mol. The quantitative estimate of drug-likeness (QED) is 0.340. The number of nitrogens with zero attached hydrogens (tertiary/aromatic N) is 5. The third-order valence-electron chi connectivity index (χ3n) is 5.61. The molecule has 0 radical (unpaired) electrons. The van der Waals surface area contributed by atoms with Crippen LogP contribution in [0, 0.1) is 0 Å². The van der Waals surface area contributed by atoms with Crippen LogP contribution in [-0.4, -0.2) is 79.7 Å². The first-order valence-corrected chi connectivity index (χ1v) is 10.4. The van der Waals surface area contributed by atoms with Crippen molar-refractivity contribution in [2.75, 3.05) is 53.9 Å². The predicted octanol–water partition coefficient (Wildman–Crippen LogP) is 2.85. The second-order valence-electron chi connectivity index (χ2n) is 7.76. The molecule has 1 fully saturated rings. The van der Waals surface area contributed by atoms with Gasteiger partial charge in [0.25, 0.3) is 0 Å². The Morgan fingerprint density at radius 1 is 1.17 bits per heavy atom. The van der Waals surface area contributed by atoms with Crippen molar-refractivity contribution in [1.82, 2.24) is 25.2 Å². The highest BCUT2D eigenvalue weighted by Crippen LogP contribution is 2.18. The van der Waals surface area contributed by atoms with E-state index in [-0.39, 0.29) is 24.0 Å². The number of guanidine groups is 1. The first-order chi connectivity index (χ1) is 14.1. The van der Waals surface area contributed by atoms with E-state index in [1.54, 1.807) is 6.26 Å². The van der Waals surface area contributed by atoms with Gasteiger partial charge in [-0.3, -0.25) is 9.89 Å². The Morgan fingerprint density at radius 2 is 1.87 bits per heavy atom. The standard InChI is InChI=1S/C22H34N6O.HI/c1-5-18-6-8-19(9-7-18)21(26(3)4)16-24-22(23-2)28-13-11-27(12-14-28)17-20-10-15-29-25-20;/h6-10,15,21H,5,11-14,16-17H2,1-4H3,(H,23,24);1H. The van der Waals surface area contributed by atoms with Gasteiger partial charge in [0.1, 0.15) is 6.26 Å². The van der Waals surface area contributed by atoms with Gasteiger partial charge in [0.15, 0.2) is 5.96 Å². The van der Waals surface area contributed by atoms with Crippen molar-refractivity contribution in [3.8, 4) is 0 Å². The van der Waals surface area contributed by atoms with Gasteiger partial charge in [-0.25, -0.2) is 0 Å². The highest BCUT2D eigenvalue weighted by atomic mass is 127. The number of aryl methyl sites for hydroxylation is 1. The molecule has 1 N–H and O–H groups in total. The molecule has 0 bridgehead atoms. The van der Waals surface area contributed by atoms with Crippen LogP contribution < -0.4 is 5.32 Å². The van der Waals surface area contributed by atoms with Gasteiger partial charge >= 0.3 is 0 Å². The summed E-state index contributed by atoms with van der Waals surface area (Å²) in [4.78, 5) is 11.5. The second-order valence-corrected chi connectivity index (χ2v) is 7.76. The number of nitrogens with one attached hydrogen (secondary N) is 1. The van der Waals surface area contributed by atoms with Gasteiger partial charge in [-0.05, 0) is 31.6 Å². The van der Waals surface area contributed by atoms with Crippen LogP contribution in [0.15, 0.2) is 46.1 Å². The topological polar surface area (TPSA) is 60.1 Å². The zero-order chi connectivity index (χ0) is 20.6. The van der Waals surface area contributed by atoms with E-state index in [9.17, 15) is 0 Å². The average Bonchev–Trinajstić information content (AvgIpc) is 3.25. The Morgan fingerprint density at radius 3 is 2.40 bits per heavy atom. The molecule has 30 heavy (non-hydrogen) atoms. The van der Waals surface area contributed by atoms with Crippen LogP contribution in [0.1, 0.15) is 29.8 Å². The maximum absolute atomic E-state index is 4.94. The number of benzene rings is 1. The maximum atomic E-state index is 4.94. The van der Waals surface area contributed by atoms with Crippen molar-refractivity contribution in [3.05, 3.63) is 53.4 Å². The SMILES string of the molecule is CCc1ccc(C(CNC(=NC)N2CCN(Cc3ccon3)CC2)N(C)C)cc1.I. The molecular formula is C22H35IN6O. The van der Waals surface area contributed by atoms with E-state index in [4.69, 9.17) is 4.52 Å². The van der Waals surface area contributed by atoms with Crippen molar-refractivity contribution in [2.24, 2.45) is 4.99 Å². The number of halogens is 1. The first kappa shape index (κ1) is 24.6. The van der Waals surface area contributed by atoms with E-state index < -0.39 is 0 Å². The summed E-state index contributed by atoms with van der Waals surface area (Å²) in [6, 6.07) is 11.2. The molecule has 1 aliphatic rings. The summed E-state index contributed by atoms with van der Waals surface area (Å²) in [6.07, 6.45) is 2.70. The van der Waals surface area contributed by atoms with Gasteiger partial charge in [-0.15, -0.1) is 24.0 Å². The fourth-order valence-corrected chi connectivity index (χ4v) is 3.76. The molecule has 1 atom stereocenters. The summed E-state index contributed by atoms with van der Waals surface area (Å²) in [5.74, 6) is 0.975. The van der Waals surface area contributed by atoms with Crippen LogP contribution in [0.5, 0.6) is 0 Å². The molecule has 1 saturated heterocycles. The van der Waals surface area contributed by atoms with Crippen molar-refractivity contribution in [1.29, 1.82) is 0 Å². The summed E-state index contributed by atoms with van der Waals surface area (Å²) in [5, 5.41) is 7.61. The molecule has 7 nitrogen and oxygen atoms in total. The number of rotatable bonds is 7. The Balaban J connectivity index is 0.00000320. The molecule has 2 heterocycles. The molecule has 1 unspecified atom stereocenters. The van der Waals surface area contributed by atoms with Gasteiger partial charge in [-0.2, -0.15) is 0 Å². The zero-order valence-corrected chi connectivity index (χ0v) is 20.9. The minimum Gasteiger partial charge on any atom is -0.364 e. The van der Waals surface area contributed by atoms with Gasteiger partial charge in [0.05, 0.1) is 11.7 Å². The largest absolute Gasteiger partial charge is 0.364 e. The average molecular weight is 526 g/mol. The van der Waals surface area contributed by atoms with Crippen LogP contribution in [0.3, 0.4) is 0 Å². The molecule has 0 amide bonds. The number of likely N-dealkylation sites (N-methyl/N-ethyl adjacent to an activating group) is 1. The van der Waals surface area contributed by atoms with Crippen LogP contribution in [0.25, 0.3) is 0 Å². The highest BCUT2D eigenvalue weighted by molar-refractivity contribution is 14.0. The molecule has 166 valence electrons. The zero-order valence-electron chi connectivity index (χ0n) is 18.5. The van der Waals surface area contributed by atoms with Crippen molar-refractivity contribution >= 4 is 29.9 Å². The molecule has 0 aliphatic carbocycles. The van der Waals surface area contributed by atoms with Crippen LogP contribution in [0.2, 0.25) is 0 Å². The second kappa shape index (κ2) is 12.3. The van der Waals surface area contributed by atoms with Crippen molar-refractivity contribution < 1.29 is 4.52 Å². The summed E-state index contributed by atoms with van der Waals surface area (Å²) in [7, 11) is 6.13. The molecule has 0 saturated carbocycles. The fraction of sp³-hybridized carbons (Fsp3) is 0.545. The molecule has 3 rings (SSSR count). The molecule has 8 heteroatoms. The van der Waals surface area contributed by atoms with Gasteiger partial charge in [0, 0.05) is 52.4 Å². The normalized spacial score (nSPS) is 16.4. The molecule has 1 aromatic heterocycles. The first-order valence-electron chi connectivity index (χ1n) is 10.4. The summed E-state index contributed by atoms with van der Waals surface area (Å²) < 4.78 is 4.94. The fourth-order valence-electron chi connectivity index (χ4n) is 3.76. The predicted molar refractivity (Wildman–Crippen MR) is 132 cm³/mol.